The summed E-state index contributed by atoms with van der Waals surface area (Å²) in [5.41, 5.74) is 1.41. The number of nitrogens with one attached hydrogen (secondary N) is 1. The van der Waals surface area contributed by atoms with Gasteiger partial charge in [-0.1, -0.05) is 42.5 Å². The van der Waals surface area contributed by atoms with E-state index in [2.05, 4.69) is 22.4 Å². The van der Waals surface area contributed by atoms with Crippen LogP contribution in [-0.2, 0) is 5.41 Å². The summed E-state index contributed by atoms with van der Waals surface area (Å²) in [4.78, 5) is 27.6. The summed E-state index contributed by atoms with van der Waals surface area (Å²) in [7, 11) is 0. The van der Waals surface area contributed by atoms with Crippen molar-refractivity contribution in [1.82, 2.24) is 10.3 Å². The van der Waals surface area contributed by atoms with Crippen molar-refractivity contribution in [2.24, 2.45) is 0 Å². The van der Waals surface area contributed by atoms with Crippen molar-refractivity contribution in [3.8, 4) is 0 Å². The molecule has 0 atom stereocenters. The molecule has 6 heteroatoms. The normalized spacial score (nSPS) is 14.8. The number of hydrogen-bond donors (Lipinski definition) is 1. The molecule has 4 rings (SSSR count). The van der Waals surface area contributed by atoms with E-state index >= 15 is 0 Å². The Morgan fingerprint density at radius 3 is 2.54 bits per heavy atom. The van der Waals surface area contributed by atoms with Crippen LogP contribution in [0.5, 0.6) is 0 Å². The van der Waals surface area contributed by atoms with Gasteiger partial charge in [-0.05, 0) is 24.5 Å². The second-order valence-corrected chi connectivity index (χ2v) is 6.62. The molecule has 0 saturated heterocycles. The average Bonchev–Trinajstić information content (AvgIpc) is 3.47. The Bertz CT molecular complexity index is 998. The van der Waals surface area contributed by atoms with Gasteiger partial charge in [0, 0.05) is 29.6 Å². The molecule has 1 fully saturated rings. The summed E-state index contributed by atoms with van der Waals surface area (Å²) in [5, 5.41) is 15.1. The summed E-state index contributed by atoms with van der Waals surface area (Å²) in [6.07, 6.45) is 3.51. The molecule has 130 valence electrons. The van der Waals surface area contributed by atoms with Crippen LogP contribution in [0.3, 0.4) is 0 Å². The number of rotatable bonds is 5. The van der Waals surface area contributed by atoms with Crippen LogP contribution in [0.2, 0.25) is 0 Å². The first-order valence-electron chi connectivity index (χ1n) is 8.47. The van der Waals surface area contributed by atoms with Crippen LogP contribution in [0, 0.1) is 10.1 Å². The van der Waals surface area contributed by atoms with Crippen LogP contribution in [0.15, 0.2) is 60.8 Å². The Morgan fingerprint density at radius 2 is 1.85 bits per heavy atom. The second kappa shape index (κ2) is 6.22. The Labute approximate surface area is 150 Å². The van der Waals surface area contributed by atoms with Gasteiger partial charge in [-0.15, -0.1) is 0 Å². The maximum atomic E-state index is 12.7. The maximum Gasteiger partial charge on any atom is 0.277 e. The smallest absolute Gasteiger partial charge is 0.277 e. The van der Waals surface area contributed by atoms with Crippen molar-refractivity contribution in [1.29, 1.82) is 0 Å². The van der Waals surface area contributed by atoms with Gasteiger partial charge in [0.1, 0.15) is 5.69 Å². The fraction of sp³-hybridized carbons (Fsp3) is 0.200. The minimum atomic E-state index is -0.446. The predicted octanol–water partition coefficient (Wildman–Crippen LogP) is 3.60. The molecule has 26 heavy (non-hydrogen) atoms. The molecular formula is C20H17N3O3. The molecule has 0 spiro atoms. The number of nitrogens with zero attached hydrogens (tertiary/aromatic N) is 2. The average molecular weight is 347 g/mol. The lowest BCUT2D eigenvalue weighted by molar-refractivity contribution is -0.383. The standard InChI is InChI=1S/C20H17N3O3/c24-19(22-13-20(10-11-20)14-5-2-1-3-6-14)18-16-7-4-8-17(23(25)26)15(16)9-12-21-18/h1-9,12H,10-11,13H2,(H,22,24). The van der Waals surface area contributed by atoms with E-state index in [-0.39, 0.29) is 22.7 Å². The van der Waals surface area contributed by atoms with Crippen LogP contribution in [0.1, 0.15) is 28.9 Å². The monoisotopic (exact) mass is 347 g/mol. The van der Waals surface area contributed by atoms with Gasteiger partial charge in [-0.2, -0.15) is 0 Å². The van der Waals surface area contributed by atoms with Gasteiger partial charge in [-0.25, -0.2) is 0 Å². The number of carbonyl (C=O) groups excluding carboxylic acids is 1. The lowest BCUT2D eigenvalue weighted by Crippen LogP contribution is -2.32. The topological polar surface area (TPSA) is 85.1 Å². The Kier molecular flexibility index (Phi) is 3.88. The summed E-state index contributed by atoms with van der Waals surface area (Å²) in [5.74, 6) is -0.307. The van der Waals surface area contributed by atoms with Crippen LogP contribution in [0.4, 0.5) is 5.69 Å². The number of non-ortho nitro benzene ring substituents is 1. The molecule has 0 unspecified atom stereocenters. The van der Waals surface area contributed by atoms with E-state index in [4.69, 9.17) is 0 Å². The van der Waals surface area contributed by atoms with Crippen molar-refractivity contribution in [2.75, 3.05) is 6.54 Å². The Morgan fingerprint density at radius 1 is 1.08 bits per heavy atom. The highest BCUT2D eigenvalue weighted by Gasteiger charge is 2.44. The molecule has 1 aromatic heterocycles. The van der Waals surface area contributed by atoms with Crippen LogP contribution >= 0.6 is 0 Å². The molecular weight excluding hydrogens is 330 g/mol. The van der Waals surface area contributed by atoms with Crippen molar-refractivity contribution < 1.29 is 9.72 Å². The SMILES string of the molecule is O=C(NCC1(c2ccccc2)CC1)c1nccc2c([N+](=O)[O-])cccc12. The first-order valence-corrected chi connectivity index (χ1v) is 8.47. The molecule has 1 aliphatic rings. The number of hydrogen-bond acceptors (Lipinski definition) is 4. The van der Waals surface area contributed by atoms with Gasteiger partial charge in [0.25, 0.3) is 11.6 Å². The molecule has 0 bridgehead atoms. The highest BCUT2D eigenvalue weighted by molar-refractivity contribution is 6.07. The van der Waals surface area contributed by atoms with E-state index in [1.807, 2.05) is 18.2 Å². The molecule has 2 aromatic carbocycles. The van der Waals surface area contributed by atoms with Gasteiger partial charge in [0.05, 0.1) is 10.3 Å². The third kappa shape index (κ3) is 2.79. The molecule has 1 N–H and O–H groups in total. The quantitative estimate of drug-likeness (QED) is 0.564. The zero-order valence-electron chi connectivity index (χ0n) is 14.0. The van der Waals surface area contributed by atoms with E-state index in [0.29, 0.717) is 17.3 Å². The van der Waals surface area contributed by atoms with Gasteiger partial charge in [-0.3, -0.25) is 19.9 Å². The Hall–Kier alpha value is -3.28. The first-order chi connectivity index (χ1) is 12.6. The first kappa shape index (κ1) is 16.2. The Balaban J connectivity index is 1.60. The number of aromatic nitrogens is 1. The number of fused-ring (bicyclic) bond motifs is 1. The largest absolute Gasteiger partial charge is 0.350 e. The molecule has 3 aromatic rings. The third-order valence-corrected chi connectivity index (χ3v) is 5.02. The highest BCUT2D eigenvalue weighted by atomic mass is 16.6. The third-order valence-electron chi connectivity index (χ3n) is 5.02. The van der Waals surface area contributed by atoms with Crippen molar-refractivity contribution in [3.05, 3.63) is 82.2 Å². The molecule has 0 aliphatic heterocycles. The van der Waals surface area contributed by atoms with Crippen LogP contribution in [0.25, 0.3) is 10.8 Å². The number of nitro benzene ring substituents is 1. The molecule has 1 saturated carbocycles. The molecule has 0 radical (unpaired) electrons. The summed E-state index contributed by atoms with van der Waals surface area (Å²) in [6.45, 7) is 0.531. The summed E-state index contributed by atoms with van der Waals surface area (Å²) < 4.78 is 0. The van der Waals surface area contributed by atoms with Gasteiger partial charge < -0.3 is 5.32 Å². The molecule has 1 heterocycles. The summed E-state index contributed by atoms with van der Waals surface area (Å²) in [6, 6.07) is 16.4. The zero-order valence-corrected chi connectivity index (χ0v) is 14.0. The molecule has 1 amide bonds. The van der Waals surface area contributed by atoms with Crippen molar-refractivity contribution in [2.45, 2.75) is 18.3 Å². The number of amides is 1. The predicted molar refractivity (Wildman–Crippen MR) is 98.1 cm³/mol. The van der Waals surface area contributed by atoms with E-state index in [1.54, 1.807) is 18.2 Å². The van der Waals surface area contributed by atoms with Gasteiger partial charge in [0.15, 0.2) is 0 Å². The van der Waals surface area contributed by atoms with E-state index in [9.17, 15) is 14.9 Å². The number of pyridine rings is 1. The fourth-order valence-corrected chi connectivity index (χ4v) is 3.37. The maximum absolute atomic E-state index is 12.7. The fourth-order valence-electron chi connectivity index (χ4n) is 3.37. The van der Waals surface area contributed by atoms with Crippen molar-refractivity contribution in [3.63, 3.8) is 0 Å². The molecule has 6 nitrogen and oxygen atoms in total. The van der Waals surface area contributed by atoms with E-state index < -0.39 is 4.92 Å². The van der Waals surface area contributed by atoms with Crippen LogP contribution in [-0.4, -0.2) is 22.4 Å². The minimum Gasteiger partial charge on any atom is -0.350 e. The molecule has 1 aliphatic carbocycles. The summed E-state index contributed by atoms with van der Waals surface area (Å²) >= 11 is 0. The van der Waals surface area contributed by atoms with Crippen LogP contribution < -0.4 is 5.32 Å². The zero-order chi connectivity index (χ0) is 18.1. The highest BCUT2D eigenvalue weighted by Crippen LogP contribution is 2.47. The lowest BCUT2D eigenvalue weighted by Gasteiger charge is -2.16. The van der Waals surface area contributed by atoms with Gasteiger partial charge >= 0.3 is 0 Å². The number of benzene rings is 2. The second-order valence-electron chi connectivity index (χ2n) is 6.62. The number of carbonyl (C=O) groups is 1. The van der Waals surface area contributed by atoms with E-state index in [1.165, 1.54) is 17.8 Å². The van der Waals surface area contributed by atoms with E-state index in [0.717, 1.165) is 12.8 Å². The minimum absolute atomic E-state index is 0.00645. The van der Waals surface area contributed by atoms with Gasteiger partial charge in [0.2, 0.25) is 0 Å². The number of nitro groups is 1. The lowest BCUT2D eigenvalue weighted by atomic mass is 9.96. The van der Waals surface area contributed by atoms with Crippen molar-refractivity contribution >= 4 is 22.4 Å².